The molecule has 0 aliphatic carbocycles. The summed E-state index contributed by atoms with van der Waals surface area (Å²) in [5.74, 6) is -0.0954. The molecule has 0 spiro atoms. The summed E-state index contributed by atoms with van der Waals surface area (Å²) in [5, 5.41) is 23.2. The molecule has 0 aromatic heterocycles. The molecule has 65 heavy (non-hydrogen) atoms. The summed E-state index contributed by atoms with van der Waals surface area (Å²) < 4.78 is 5.46. The first-order valence-corrected chi connectivity index (χ1v) is 28.8. The molecule has 6 heteroatoms. The second-order valence-corrected chi connectivity index (χ2v) is 19.6. The minimum atomic E-state index is -0.853. The second kappa shape index (κ2) is 54.7. The number of allylic oxidation sites excluding steroid dienone is 5. The van der Waals surface area contributed by atoms with Gasteiger partial charge in [0, 0.05) is 12.8 Å². The molecular weight excluding hydrogens is 803 g/mol. The number of esters is 1. The van der Waals surface area contributed by atoms with E-state index in [1.807, 2.05) is 6.08 Å². The van der Waals surface area contributed by atoms with Crippen molar-refractivity contribution in [2.24, 2.45) is 0 Å². The minimum absolute atomic E-state index is 0.0180. The van der Waals surface area contributed by atoms with Crippen LogP contribution in [0.15, 0.2) is 36.5 Å². The van der Waals surface area contributed by atoms with Crippen LogP contribution in [0.3, 0.4) is 0 Å². The Kier molecular flexibility index (Phi) is 53.1. The van der Waals surface area contributed by atoms with Crippen LogP contribution in [0, 0.1) is 0 Å². The van der Waals surface area contributed by atoms with E-state index in [1.165, 1.54) is 212 Å². The number of carbonyl (C=O) groups excluding carboxylic acids is 2. The third kappa shape index (κ3) is 51.3. The Morgan fingerprint density at radius 3 is 1.22 bits per heavy atom. The van der Waals surface area contributed by atoms with Gasteiger partial charge in [-0.05, 0) is 57.8 Å². The maximum absolute atomic E-state index is 12.5. The molecule has 0 saturated carbocycles. The summed E-state index contributed by atoms with van der Waals surface area (Å²) in [6.07, 6.45) is 67.3. The fraction of sp³-hybridized carbons (Fsp3) is 0.864. The van der Waals surface area contributed by atoms with Crippen LogP contribution in [-0.4, -0.2) is 47.4 Å². The van der Waals surface area contributed by atoms with Gasteiger partial charge in [-0.1, -0.05) is 269 Å². The van der Waals surface area contributed by atoms with Gasteiger partial charge < -0.3 is 20.3 Å². The lowest BCUT2D eigenvalue weighted by molar-refractivity contribution is -0.143. The molecule has 0 bridgehead atoms. The van der Waals surface area contributed by atoms with Gasteiger partial charge in [-0.25, -0.2) is 0 Å². The summed E-state index contributed by atoms with van der Waals surface area (Å²) >= 11 is 0. The zero-order valence-corrected chi connectivity index (χ0v) is 43.5. The number of ether oxygens (including phenoxy) is 1. The Balaban J connectivity index is 3.49. The van der Waals surface area contributed by atoms with Gasteiger partial charge in [0.15, 0.2) is 0 Å². The number of aliphatic hydroxyl groups is 2. The fourth-order valence-electron chi connectivity index (χ4n) is 8.71. The zero-order valence-electron chi connectivity index (χ0n) is 43.5. The number of aliphatic hydroxyl groups excluding tert-OH is 2. The standard InChI is InChI=1S/C59H111NO5/c1-3-5-7-9-11-13-15-17-19-20-21-22-23-24-27-31-35-39-43-47-51-57(62)56(55-61)60-58(63)52-48-44-40-36-32-28-25-26-30-34-38-42-46-50-54-65-59(64)53-49-45-41-37-33-29-18-16-14-12-10-8-6-4-2/h10,12,16,18,47,51,56-57,61-62H,3-9,11,13-15,17,19-46,48-50,52-55H2,1-2H3,(H,60,63)/b12-10-,18-16-,51-47+. The van der Waals surface area contributed by atoms with Crippen LogP contribution >= 0.6 is 0 Å². The molecule has 1 amide bonds. The molecule has 0 aromatic rings. The van der Waals surface area contributed by atoms with Crippen LogP contribution < -0.4 is 5.32 Å². The molecule has 382 valence electrons. The zero-order chi connectivity index (χ0) is 47.2. The molecule has 0 heterocycles. The molecular formula is C59H111NO5. The number of nitrogens with one attached hydrogen (secondary N) is 1. The Hall–Kier alpha value is -1.92. The monoisotopic (exact) mass is 914 g/mol. The van der Waals surface area contributed by atoms with Crippen LogP contribution in [0.25, 0.3) is 0 Å². The van der Waals surface area contributed by atoms with E-state index in [4.69, 9.17) is 4.74 Å². The highest BCUT2D eigenvalue weighted by Gasteiger charge is 2.18. The predicted octanol–water partition coefficient (Wildman–Crippen LogP) is 17.6. The fourth-order valence-corrected chi connectivity index (χ4v) is 8.71. The minimum Gasteiger partial charge on any atom is -0.466 e. The van der Waals surface area contributed by atoms with Crippen LogP contribution in [-0.2, 0) is 14.3 Å². The topological polar surface area (TPSA) is 95.9 Å². The van der Waals surface area contributed by atoms with Crippen molar-refractivity contribution in [3.05, 3.63) is 36.5 Å². The molecule has 0 fully saturated rings. The first kappa shape index (κ1) is 63.1. The third-order valence-electron chi connectivity index (χ3n) is 13.2. The van der Waals surface area contributed by atoms with Crippen molar-refractivity contribution in [2.45, 2.75) is 315 Å². The van der Waals surface area contributed by atoms with Gasteiger partial charge in [0.2, 0.25) is 5.91 Å². The van der Waals surface area contributed by atoms with E-state index in [9.17, 15) is 19.8 Å². The summed E-state index contributed by atoms with van der Waals surface area (Å²) in [6, 6.07) is -0.637. The molecule has 3 N–H and O–H groups in total. The van der Waals surface area contributed by atoms with E-state index < -0.39 is 12.1 Å². The van der Waals surface area contributed by atoms with Crippen LogP contribution in [0.4, 0.5) is 0 Å². The van der Waals surface area contributed by atoms with Gasteiger partial charge in [0.25, 0.3) is 0 Å². The van der Waals surface area contributed by atoms with E-state index in [0.717, 1.165) is 64.2 Å². The van der Waals surface area contributed by atoms with Crippen LogP contribution in [0.2, 0.25) is 0 Å². The molecule has 0 rings (SSSR count). The Morgan fingerprint density at radius 2 is 0.785 bits per heavy atom. The van der Waals surface area contributed by atoms with Crippen molar-refractivity contribution in [3.63, 3.8) is 0 Å². The van der Waals surface area contributed by atoms with Crippen molar-refractivity contribution in [3.8, 4) is 0 Å². The Labute approximate surface area is 404 Å². The van der Waals surface area contributed by atoms with Gasteiger partial charge in [0.05, 0.1) is 25.4 Å². The molecule has 0 radical (unpaired) electrons. The normalized spacial score (nSPS) is 12.9. The van der Waals surface area contributed by atoms with Crippen LogP contribution in [0.5, 0.6) is 0 Å². The van der Waals surface area contributed by atoms with Crippen molar-refractivity contribution in [2.75, 3.05) is 13.2 Å². The number of rotatable bonds is 53. The molecule has 0 aromatic carbocycles. The highest BCUT2D eigenvalue weighted by Crippen LogP contribution is 2.17. The molecule has 0 aliphatic heterocycles. The van der Waals surface area contributed by atoms with Crippen molar-refractivity contribution >= 4 is 11.9 Å². The third-order valence-corrected chi connectivity index (χ3v) is 13.2. The largest absolute Gasteiger partial charge is 0.466 e. The summed E-state index contributed by atoms with van der Waals surface area (Å²) in [4.78, 5) is 24.5. The lowest BCUT2D eigenvalue weighted by Gasteiger charge is -2.20. The summed E-state index contributed by atoms with van der Waals surface area (Å²) in [6.45, 7) is 4.85. The maximum Gasteiger partial charge on any atom is 0.305 e. The van der Waals surface area contributed by atoms with Crippen LogP contribution in [0.1, 0.15) is 303 Å². The van der Waals surface area contributed by atoms with Crippen molar-refractivity contribution in [1.82, 2.24) is 5.32 Å². The van der Waals surface area contributed by atoms with E-state index in [0.29, 0.717) is 19.4 Å². The van der Waals surface area contributed by atoms with Gasteiger partial charge in [-0.2, -0.15) is 0 Å². The smallest absolute Gasteiger partial charge is 0.305 e. The van der Waals surface area contributed by atoms with Crippen molar-refractivity contribution in [1.29, 1.82) is 0 Å². The maximum atomic E-state index is 12.5. The predicted molar refractivity (Wildman–Crippen MR) is 283 cm³/mol. The van der Waals surface area contributed by atoms with E-state index >= 15 is 0 Å². The van der Waals surface area contributed by atoms with E-state index in [-0.39, 0.29) is 18.5 Å². The number of amides is 1. The quantitative estimate of drug-likeness (QED) is 0.0321. The number of hydrogen-bond donors (Lipinski definition) is 3. The SMILES string of the molecule is CCCC/C=C\C/C=C\CCCCCCCC(=O)OCCCCCCCCCCCCCCCCC(=O)NC(CO)C(O)/C=C/CCCCCCCCCCCCCCCCCCCC. The first-order chi connectivity index (χ1) is 32.0. The number of unbranched alkanes of at least 4 members (excludes halogenated alkanes) is 38. The molecule has 6 nitrogen and oxygen atoms in total. The van der Waals surface area contributed by atoms with E-state index in [2.05, 4.69) is 43.5 Å². The lowest BCUT2D eigenvalue weighted by Crippen LogP contribution is -2.45. The average Bonchev–Trinajstić information content (AvgIpc) is 3.31. The number of carbonyl (C=O) groups is 2. The molecule has 2 unspecified atom stereocenters. The van der Waals surface area contributed by atoms with Crippen molar-refractivity contribution < 1.29 is 24.5 Å². The van der Waals surface area contributed by atoms with Gasteiger partial charge >= 0.3 is 5.97 Å². The summed E-state index contributed by atoms with van der Waals surface area (Å²) in [5.41, 5.74) is 0. The highest BCUT2D eigenvalue weighted by molar-refractivity contribution is 5.76. The first-order valence-electron chi connectivity index (χ1n) is 28.8. The summed E-state index contributed by atoms with van der Waals surface area (Å²) in [7, 11) is 0. The number of hydrogen-bond acceptors (Lipinski definition) is 5. The second-order valence-electron chi connectivity index (χ2n) is 19.6. The van der Waals surface area contributed by atoms with Gasteiger partial charge in [-0.15, -0.1) is 0 Å². The lowest BCUT2D eigenvalue weighted by atomic mass is 10.0. The molecule has 0 aliphatic rings. The highest BCUT2D eigenvalue weighted by atomic mass is 16.5. The Morgan fingerprint density at radius 1 is 0.431 bits per heavy atom. The van der Waals surface area contributed by atoms with E-state index in [1.54, 1.807) is 6.08 Å². The molecule has 2 atom stereocenters. The van der Waals surface area contributed by atoms with Gasteiger partial charge in [-0.3, -0.25) is 9.59 Å². The van der Waals surface area contributed by atoms with Gasteiger partial charge in [0.1, 0.15) is 0 Å². The molecule has 0 saturated heterocycles. The Bertz CT molecular complexity index is 1060. The average molecular weight is 915 g/mol.